The minimum Gasteiger partial charge on any atom is -0.445 e. The average molecular weight is 322 g/mol. The van der Waals surface area contributed by atoms with Gasteiger partial charge in [-0.15, -0.1) is 0 Å². The van der Waals surface area contributed by atoms with Crippen molar-refractivity contribution in [1.29, 1.82) is 0 Å². The van der Waals surface area contributed by atoms with Gasteiger partial charge in [0.05, 0.1) is 6.10 Å². The Morgan fingerprint density at radius 2 is 2.35 bits per heavy atom. The quantitative estimate of drug-likeness (QED) is 0.806. The first-order valence-corrected chi connectivity index (χ1v) is 8.61. The number of aromatic nitrogens is 1. The first-order valence-electron chi connectivity index (χ1n) is 8.61. The summed E-state index contributed by atoms with van der Waals surface area (Å²) in [6.45, 7) is 7.19. The summed E-state index contributed by atoms with van der Waals surface area (Å²) in [7, 11) is 0. The second-order valence-corrected chi connectivity index (χ2v) is 6.78. The number of carbonyl (C=O) groups is 1. The van der Waals surface area contributed by atoms with E-state index in [1.807, 2.05) is 4.90 Å². The van der Waals surface area contributed by atoms with E-state index < -0.39 is 0 Å². The van der Waals surface area contributed by atoms with Crippen molar-refractivity contribution < 1.29 is 18.7 Å². The van der Waals surface area contributed by atoms with Crippen molar-refractivity contribution in [2.75, 3.05) is 26.3 Å². The summed E-state index contributed by atoms with van der Waals surface area (Å²) in [5.74, 6) is 1.15. The lowest BCUT2D eigenvalue weighted by Crippen LogP contribution is -2.31. The van der Waals surface area contributed by atoms with Gasteiger partial charge in [-0.05, 0) is 31.6 Å². The molecule has 2 aliphatic rings. The molecule has 128 valence electrons. The molecule has 6 heteroatoms. The molecule has 1 aromatic heterocycles. The standard InChI is InChI=1S/C17H26N2O4/c1-12(2)6-9-21-13-5-7-19(10-13)17(20)15-16(23-11-18-15)14-4-3-8-22-14/h11-14H,3-10H2,1-2H3/t13-,14+/m0/s1. The van der Waals surface area contributed by atoms with Crippen molar-refractivity contribution in [3.8, 4) is 0 Å². The van der Waals surface area contributed by atoms with E-state index >= 15 is 0 Å². The molecule has 1 aromatic rings. The first-order chi connectivity index (χ1) is 11.1. The number of carbonyl (C=O) groups excluding carboxylic acids is 1. The highest BCUT2D eigenvalue weighted by molar-refractivity contribution is 5.93. The SMILES string of the molecule is CC(C)CCO[C@H]1CCN(C(=O)c2ncoc2[C@H]2CCCO2)C1. The average Bonchev–Trinajstić information content (AvgIpc) is 3.26. The Kier molecular flexibility index (Phi) is 5.33. The van der Waals surface area contributed by atoms with Gasteiger partial charge in [0.2, 0.25) is 0 Å². The van der Waals surface area contributed by atoms with Crippen LogP contribution >= 0.6 is 0 Å². The van der Waals surface area contributed by atoms with E-state index in [-0.39, 0.29) is 18.1 Å². The van der Waals surface area contributed by atoms with Gasteiger partial charge in [-0.2, -0.15) is 0 Å². The summed E-state index contributed by atoms with van der Waals surface area (Å²) in [6.07, 6.45) is 5.17. The van der Waals surface area contributed by atoms with Crippen LogP contribution in [-0.2, 0) is 9.47 Å². The summed E-state index contributed by atoms with van der Waals surface area (Å²) in [5.41, 5.74) is 0.403. The summed E-state index contributed by atoms with van der Waals surface area (Å²) in [5, 5.41) is 0. The van der Waals surface area contributed by atoms with Gasteiger partial charge in [-0.1, -0.05) is 13.8 Å². The largest absolute Gasteiger partial charge is 0.445 e. The summed E-state index contributed by atoms with van der Waals surface area (Å²) in [4.78, 5) is 18.7. The van der Waals surface area contributed by atoms with E-state index in [9.17, 15) is 4.79 Å². The van der Waals surface area contributed by atoms with Gasteiger partial charge in [0.25, 0.3) is 5.91 Å². The maximum atomic E-state index is 12.7. The molecule has 0 N–H and O–H groups in total. The Labute approximate surface area is 137 Å². The third-order valence-electron chi connectivity index (χ3n) is 4.50. The van der Waals surface area contributed by atoms with Crippen molar-refractivity contribution >= 4 is 5.91 Å². The molecule has 23 heavy (non-hydrogen) atoms. The minimum atomic E-state index is -0.128. The van der Waals surface area contributed by atoms with Gasteiger partial charge < -0.3 is 18.8 Å². The summed E-state index contributed by atoms with van der Waals surface area (Å²) < 4.78 is 16.9. The topological polar surface area (TPSA) is 64.8 Å². The number of likely N-dealkylation sites (tertiary alicyclic amines) is 1. The number of hydrogen-bond acceptors (Lipinski definition) is 5. The second kappa shape index (κ2) is 7.45. The summed E-state index contributed by atoms with van der Waals surface area (Å²) >= 11 is 0. The number of hydrogen-bond donors (Lipinski definition) is 0. The smallest absolute Gasteiger partial charge is 0.276 e. The Balaban J connectivity index is 1.56. The molecule has 0 unspecified atom stereocenters. The Morgan fingerprint density at radius 3 is 3.09 bits per heavy atom. The number of oxazole rings is 1. The molecule has 2 saturated heterocycles. The highest BCUT2D eigenvalue weighted by Crippen LogP contribution is 2.31. The molecule has 2 fully saturated rings. The predicted molar refractivity (Wildman–Crippen MR) is 84.1 cm³/mol. The molecule has 2 atom stereocenters. The van der Waals surface area contributed by atoms with E-state index in [1.54, 1.807) is 0 Å². The lowest BCUT2D eigenvalue weighted by atomic mass is 10.1. The minimum absolute atomic E-state index is 0.0702. The third-order valence-corrected chi connectivity index (χ3v) is 4.50. The van der Waals surface area contributed by atoms with E-state index in [1.165, 1.54) is 6.39 Å². The van der Waals surface area contributed by atoms with Crippen LogP contribution in [0.15, 0.2) is 10.8 Å². The normalized spacial score (nSPS) is 24.7. The van der Waals surface area contributed by atoms with Gasteiger partial charge in [0.15, 0.2) is 17.8 Å². The van der Waals surface area contributed by atoms with Crippen LogP contribution in [0.3, 0.4) is 0 Å². The van der Waals surface area contributed by atoms with Crippen molar-refractivity contribution in [1.82, 2.24) is 9.88 Å². The number of rotatable bonds is 6. The molecular weight excluding hydrogens is 296 g/mol. The highest BCUT2D eigenvalue weighted by atomic mass is 16.5. The van der Waals surface area contributed by atoms with E-state index in [0.29, 0.717) is 37.1 Å². The Morgan fingerprint density at radius 1 is 1.48 bits per heavy atom. The molecule has 0 aliphatic carbocycles. The van der Waals surface area contributed by atoms with Crippen LogP contribution in [0.25, 0.3) is 0 Å². The van der Waals surface area contributed by atoms with Crippen molar-refractivity contribution in [3.63, 3.8) is 0 Å². The number of ether oxygens (including phenoxy) is 2. The van der Waals surface area contributed by atoms with Crippen molar-refractivity contribution in [3.05, 3.63) is 17.8 Å². The van der Waals surface area contributed by atoms with E-state index in [0.717, 1.165) is 32.3 Å². The second-order valence-electron chi connectivity index (χ2n) is 6.78. The molecule has 3 rings (SSSR count). The molecule has 0 bridgehead atoms. The van der Waals surface area contributed by atoms with Crippen LogP contribution in [0.1, 0.15) is 61.9 Å². The molecule has 6 nitrogen and oxygen atoms in total. The fourth-order valence-corrected chi connectivity index (χ4v) is 3.10. The van der Waals surface area contributed by atoms with Crippen LogP contribution in [0.4, 0.5) is 0 Å². The number of nitrogens with zero attached hydrogens (tertiary/aromatic N) is 2. The summed E-state index contributed by atoms with van der Waals surface area (Å²) in [6, 6.07) is 0. The van der Waals surface area contributed by atoms with Crippen molar-refractivity contribution in [2.45, 2.75) is 51.7 Å². The van der Waals surface area contributed by atoms with Crippen LogP contribution in [0, 0.1) is 5.92 Å². The maximum Gasteiger partial charge on any atom is 0.276 e. The molecule has 0 radical (unpaired) electrons. The molecule has 3 heterocycles. The Hall–Kier alpha value is -1.40. The monoisotopic (exact) mass is 322 g/mol. The van der Waals surface area contributed by atoms with Gasteiger partial charge in [-0.25, -0.2) is 4.98 Å². The lowest BCUT2D eigenvalue weighted by molar-refractivity contribution is 0.0478. The molecule has 0 aromatic carbocycles. The molecule has 1 amide bonds. The lowest BCUT2D eigenvalue weighted by Gasteiger charge is -2.17. The highest BCUT2D eigenvalue weighted by Gasteiger charge is 2.33. The fourth-order valence-electron chi connectivity index (χ4n) is 3.10. The van der Waals surface area contributed by atoms with Crippen molar-refractivity contribution in [2.24, 2.45) is 5.92 Å². The van der Waals surface area contributed by atoms with Gasteiger partial charge in [-0.3, -0.25) is 4.79 Å². The van der Waals surface area contributed by atoms with Crippen LogP contribution in [0.2, 0.25) is 0 Å². The Bertz CT molecular complexity index is 522. The predicted octanol–water partition coefficient (Wildman–Crippen LogP) is 2.80. The number of amides is 1. The zero-order chi connectivity index (χ0) is 16.2. The molecule has 0 spiro atoms. The molecule has 0 saturated carbocycles. The van der Waals surface area contributed by atoms with Crippen LogP contribution in [0.5, 0.6) is 0 Å². The fraction of sp³-hybridized carbons (Fsp3) is 0.765. The zero-order valence-corrected chi connectivity index (χ0v) is 14.0. The van der Waals surface area contributed by atoms with Gasteiger partial charge >= 0.3 is 0 Å². The zero-order valence-electron chi connectivity index (χ0n) is 14.0. The first kappa shape index (κ1) is 16.5. The van der Waals surface area contributed by atoms with Gasteiger partial charge in [0, 0.05) is 26.3 Å². The van der Waals surface area contributed by atoms with E-state index in [4.69, 9.17) is 13.9 Å². The maximum absolute atomic E-state index is 12.7. The van der Waals surface area contributed by atoms with Crippen LogP contribution in [-0.4, -0.2) is 48.2 Å². The van der Waals surface area contributed by atoms with Crippen LogP contribution < -0.4 is 0 Å². The van der Waals surface area contributed by atoms with E-state index in [2.05, 4.69) is 18.8 Å². The third kappa shape index (κ3) is 3.93. The molecule has 2 aliphatic heterocycles. The molecular formula is C17H26N2O4. The van der Waals surface area contributed by atoms with Gasteiger partial charge in [0.1, 0.15) is 6.10 Å².